The molecule has 1 aliphatic heterocycles. The zero-order chi connectivity index (χ0) is 33.5. The van der Waals surface area contributed by atoms with Gasteiger partial charge in [0, 0.05) is 41.7 Å². The van der Waals surface area contributed by atoms with Crippen LogP contribution in [0.5, 0.6) is 0 Å². The summed E-state index contributed by atoms with van der Waals surface area (Å²) in [6.45, 7) is 2.09. The molecule has 1 aliphatic carbocycles. The predicted octanol–water partition coefficient (Wildman–Crippen LogP) is 3.62. The third-order valence-electron chi connectivity index (χ3n) is 9.28. The molecule has 4 aromatic rings. The first-order valence-corrected chi connectivity index (χ1v) is 16.4. The van der Waals surface area contributed by atoms with E-state index in [1.165, 1.54) is 6.07 Å². The highest BCUT2D eigenvalue weighted by atomic mass is 35.5. The minimum Gasteiger partial charge on any atom is -0.348 e. The van der Waals surface area contributed by atoms with Gasteiger partial charge in [0.15, 0.2) is 0 Å². The monoisotopic (exact) mass is 689 g/mol. The van der Waals surface area contributed by atoms with Gasteiger partial charge in [-0.3, -0.25) is 14.4 Å². The van der Waals surface area contributed by atoms with E-state index in [1.54, 1.807) is 48.5 Å². The van der Waals surface area contributed by atoms with E-state index in [2.05, 4.69) is 41.9 Å². The second-order valence-electron chi connectivity index (χ2n) is 12.5. The number of hydrogen-bond donors (Lipinski definition) is 6. The largest absolute Gasteiger partial charge is 0.348 e. The van der Waals surface area contributed by atoms with Crippen molar-refractivity contribution in [1.82, 2.24) is 36.6 Å². The Morgan fingerprint density at radius 1 is 0.939 bits per heavy atom. The number of H-pyrrole nitrogens is 1. The normalized spacial score (nSPS) is 19.3. The van der Waals surface area contributed by atoms with Crippen LogP contribution in [0.15, 0.2) is 66.7 Å². The highest BCUT2D eigenvalue weighted by molar-refractivity contribution is 5.98. The second-order valence-corrected chi connectivity index (χ2v) is 12.5. The number of aromatic amines is 1. The predicted molar refractivity (Wildman–Crippen MR) is 186 cm³/mol. The number of carbonyl (C=O) groups excluding carboxylic acids is 3. The molecule has 3 amide bonds. The van der Waals surface area contributed by atoms with Crippen LogP contribution in [0.1, 0.15) is 48.0 Å². The molecule has 258 valence electrons. The molecule has 0 spiro atoms. The molecule has 6 rings (SSSR count). The first-order chi connectivity index (χ1) is 23.4. The number of tetrazole rings is 1. The van der Waals surface area contributed by atoms with Crippen molar-refractivity contribution in [2.45, 2.75) is 50.6 Å². The van der Waals surface area contributed by atoms with E-state index in [9.17, 15) is 14.4 Å². The fraction of sp³-hybridized carbons (Fsp3) is 0.371. The van der Waals surface area contributed by atoms with Crippen molar-refractivity contribution in [3.05, 3.63) is 83.7 Å². The smallest absolute Gasteiger partial charge is 0.254 e. The molecule has 2 heterocycles. The Kier molecular flexibility index (Phi) is 12.1. The molecule has 0 unspecified atom stereocenters. The van der Waals surface area contributed by atoms with Gasteiger partial charge in [-0.1, -0.05) is 36.4 Å². The molecule has 0 bridgehead atoms. The number of halogens is 2. The molecule has 2 atom stereocenters. The fourth-order valence-corrected chi connectivity index (χ4v) is 6.40. The van der Waals surface area contributed by atoms with Gasteiger partial charge in [-0.25, -0.2) is 4.39 Å². The molecule has 1 aromatic heterocycles. The van der Waals surface area contributed by atoms with Gasteiger partial charge in [-0.2, -0.15) is 5.21 Å². The molecule has 7 N–H and O–H groups in total. The summed E-state index contributed by atoms with van der Waals surface area (Å²) in [7, 11) is 0. The maximum atomic E-state index is 15.6. The quantitative estimate of drug-likeness (QED) is 0.138. The van der Waals surface area contributed by atoms with Crippen LogP contribution in [0.25, 0.3) is 22.5 Å². The number of nitrogens with two attached hydrogens (primary N) is 1. The Bertz CT molecular complexity index is 1710. The fourth-order valence-electron chi connectivity index (χ4n) is 6.40. The number of rotatable bonds is 11. The van der Waals surface area contributed by atoms with Crippen molar-refractivity contribution in [1.29, 1.82) is 0 Å². The van der Waals surface area contributed by atoms with Crippen LogP contribution < -0.4 is 27.0 Å². The number of amides is 3. The lowest BCUT2D eigenvalue weighted by Gasteiger charge is -2.28. The maximum Gasteiger partial charge on any atom is 0.254 e. The van der Waals surface area contributed by atoms with E-state index in [4.69, 9.17) is 5.73 Å². The first-order valence-electron chi connectivity index (χ1n) is 16.4. The minimum absolute atomic E-state index is 0. The molecule has 12 nitrogen and oxygen atoms in total. The first kappa shape index (κ1) is 35.6. The van der Waals surface area contributed by atoms with E-state index >= 15 is 4.39 Å². The van der Waals surface area contributed by atoms with Gasteiger partial charge in [0.1, 0.15) is 11.9 Å². The number of nitrogens with one attached hydrogen (secondary N) is 5. The lowest BCUT2D eigenvalue weighted by molar-refractivity contribution is -0.130. The van der Waals surface area contributed by atoms with Crippen LogP contribution >= 0.6 is 12.4 Å². The molecule has 1 saturated carbocycles. The number of nitrogens with zero attached hydrogens (tertiary/aromatic N) is 3. The number of aromatic nitrogens is 4. The van der Waals surface area contributed by atoms with E-state index in [0.29, 0.717) is 41.6 Å². The molecule has 49 heavy (non-hydrogen) atoms. The summed E-state index contributed by atoms with van der Waals surface area (Å²) in [4.78, 5) is 39.8. The molecular formula is C35H41ClFN9O3. The van der Waals surface area contributed by atoms with Crippen LogP contribution in [0.3, 0.4) is 0 Å². The zero-order valence-electron chi connectivity index (χ0n) is 27.0. The summed E-state index contributed by atoms with van der Waals surface area (Å²) in [5.74, 6) is -0.873. The highest BCUT2D eigenvalue weighted by Crippen LogP contribution is 2.29. The van der Waals surface area contributed by atoms with Crippen molar-refractivity contribution < 1.29 is 18.8 Å². The van der Waals surface area contributed by atoms with E-state index < -0.39 is 17.8 Å². The summed E-state index contributed by atoms with van der Waals surface area (Å²) >= 11 is 0. The van der Waals surface area contributed by atoms with E-state index in [0.717, 1.165) is 49.8 Å². The zero-order valence-corrected chi connectivity index (χ0v) is 27.8. The van der Waals surface area contributed by atoms with Crippen LogP contribution in [0.4, 0.5) is 10.1 Å². The lowest BCUT2D eigenvalue weighted by atomic mass is 9.81. The standard InChI is InChI=1S/C35H40FN9O3.ClH/c36-31-28(2-1-3-29(31)34(47)40-27-16-17-38-20-27)23-8-4-21(5-9-23)18-30(41-33(46)25-10-6-22(19-37)7-11-25)35(48)39-26-14-12-24(13-15-26)32-42-44-45-43-32;/h1-5,8-9,12-15,22,25,27,30,38H,6-7,10-11,16-20,37H2,(H,39,48)(H,40,47)(H,41,46)(H,42,43,44,45);1H/t22?,25?,27-,30+;/m1./s1. The van der Waals surface area contributed by atoms with Gasteiger partial charge in [0.2, 0.25) is 17.6 Å². The van der Waals surface area contributed by atoms with Crippen molar-refractivity contribution in [3.8, 4) is 22.5 Å². The van der Waals surface area contributed by atoms with E-state index in [1.807, 2.05) is 12.1 Å². The molecular weight excluding hydrogens is 649 g/mol. The van der Waals surface area contributed by atoms with Gasteiger partial charge in [-0.15, -0.1) is 22.6 Å². The van der Waals surface area contributed by atoms with Crippen LogP contribution in [0, 0.1) is 17.7 Å². The maximum absolute atomic E-state index is 15.6. The minimum atomic E-state index is -0.860. The molecule has 14 heteroatoms. The number of hydrogen-bond acceptors (Lipinski definition) is 8. The van der Waals surface area contributed by atoms with Gasteiger partial charge in [-0.05, 0) is 97.8 Å². The Morgan fingerprint density at radius 2 is 1.67 bits per heavy atom. The third kappa shape index (κ3) is 8.85. The molecule has 2 fully saturated rings. The van der Waals surface area contributed by atoms with Gasteiger partial charge >= 0.3 is 0 Å². The summed E-state index contributed by atoms with van der Waals surface area (Å²) in [5.41, 5.74) is 8.79. The van der Waals surface area contributed by atoms with Crippen LogP contribution in [-0.2, 0) is 16.0 Å². The molecule has 3 aromatic carbocycles. The van der Waals surface area contributed by atoms with Crippen molar-refractivity contribution >= 4 is 35.8 Å². The highest BCUT2D eigenvalue weighted by Gasteiger charge is 2.29. The lowest BCUT2D eigenvalue weighted by Crippen LogP contribution is -2.48. The molecule has 0 radical (unpaired) electrons. The topological polar surface area (TPSA) is 180 Å². The summed E-state index contributed by atoms with van der Waals surface area (Å²) < 4.78 is 15.6. The Hall–Kier alpha value is -4.72. The average Bonchev–Trinajstić information content (AvgIpc) is 3.84. The van der Waals surface area contributed by atoms with Crippen LogP contribution in [-0.4, -0.2) is 70.1 Å². The van der Waals surface area contributed by atoms with Gasteiger partial charge in [0.25, 0.3) is 5.91 Å². The van der Waals surface area contributed by atoms with Crippen LogP contribution in [0.2, 0.25) is 0 Å². The van der Waals surface area contributed by atoms with Crippen molar-refractivity contribution in [2.75, 3.05) is 25.0 Å². The summed E-state index contributed by atoms with van der Waals surface area (Å²) in [6.07, 6.45) is 4.26. The van der Waals surface area contributed by atoms with Crippen molar-refractivity contribution in [3.63, 3.8) is 0 Å². The van der Waals surface area contributed by atoms with Crippen molar-refractivity contribution in [2.24, 2.45) is 17.6 Å². The molecule has 2 aliphatic rings. The second kappa shape index (κ2) is 16.6. The summed E-state index contributed by atoms with van der Waals surface area (Å²) in [6, 6.07) is 18.1. The van der Waals surface area contributed by atoms with E-state index in [-0.39, 0.29) is 48.2 Å². The number of benzene rings is 3. The SMILES string of the molecule is Cl.NCC1CCC(C(=O)N[C@@H](Cc2ccc(-c3cccc(C(=O)N[C@@H]4CCNC4)c3F)cc2)C(=O)Nc2ccc(-c3nn[nH]n3)cc2)CC1. The average molecular weight is 690 g/mol. The Labute approximate surface area is 290 Å². The Balaban J connectivity index is 0.00000468. The number of carbonyl (C=O) groups is 3. The Morgan fingerprint density at radius 3 is 2.33 bits per heavy atom. The molecule has 1 saturated heterocycles. The number of anilines is 1. The van der Waals surface area contributed by atoms with Gasteiger partial charge in [0.05, 0.1) is 5.56 Å². The van der Waals surface area contributed by atoms with Gasteiger partial charge < -0.3 is 27.0 Å². The third-order valence-corrected chi connectivity index (χ3v) is 9.28. The summed E-state index contributed by atoms with van der Waals surface area (Å²) in [5, 5.41) is 25.9.